The number of hydrogen-bond acceptors (Lipinski definition) is 5. The smallest absolute Gasteiger partial charge is 0.331 e. The first-order valence-electron chi connectivity index (χ1n) is 12.5. The fourth-order valence-electron chi connectivity index (χ4n) is 4.46. The lowest BCUT2D eigenvalue weighted by Crippen LogP contribution is -2.36. The molecule has 0 aliphatic carbocycles. The Balaban J connectivity index is 1.65. The highest BCUT2D eigenvalue weighted by Gasteiger charge is 2.26. The van der Waals surface area contributed by atoms with E-state index >= 15 is 0 Å². The molecule has 2 aromatic rings. The number of aryl methyl sites for hydroxylation is 2. The number of hydrogen-bond donors (Lipinski definition) is 2. The number of unbranched alkanes of at least 4 members (excludes halogenated alkanes) is 2. The molecule has 2 heterocycles. The van der Waals surface area contributed by atoms with Gasteiger partial charge in [-0.25, -0.2) is 9.59 Å². The van der Waals surface area contributed by atoms with Gasteiger partial charge in [0, 0.05) is 38.4 Å². The van der Waals surface area contributed by atoms with Gasteiger partial charge in [0.2, 0.25) is 11.8 Å². The third-order valence-electron chi connectivity index (χ3n) is 6.55. The second-order valence-corrected chi connectivity index (χ2v) is 10.5. The number of ether oxygens (including phenoxy) is 1. The highest BCUT2D eigenvalue weighted by atomic mass is 16.5. The number of imidazole rings is 2. The van der Waals surface area contributed by atoms with E-state index < -0.39 is 5.54 Å². The maximum Gasteiger partial charge on any atom is 0.331 e. The average Bonchev–Trinajstić information content (AvgIpc) is 3.21. The molecule has 0 amide bonds. The van der Waals surface area contributed by atoms with Crippen molar-refractivity contribution in [1.29, 1.82) is 0 Å². The van der Waals surface area contributed by atoms with Crippen molar-refractivity contribution in [2.75, 3.05) is 13.2 Å². The molecule has 0 aliphatic rings. The Labute approximate surface area is 202 Å². The highest BCUT2D eigenvalue weighted by Crippen LogP contribution is 2.27. The van der Waals surface area contributed by atoms with Crippen LogP contribution in [0, 0.1) is 5.41 Å². The molecule has 0 fully saturated rings. The molecular formula is C25H44N4O5. The third-order valence-corrected chi connectivity index (χ3v) is 6.55. The van der Waals surface area contributed by atoms with Crippen molar-refractivity contribution in [3.8, 4) is 11.8 Å². The van der Waals surface area contributed by atoms with Crippen LogP contribution in [0.2, 0.25) is 0 Å². The van der Waals surface area contributed by atoms with Crippen LogP contribution in [-0.4, -0.2) is 41.7 Å². The van der Waals surface area contributed by atoms with Crippen molar-refractivity contribution in [2.24, 2.45) is 5.41 Å². The minimum absolute atomic E-state index is 0.0130. The van der Waals surface area contributed by atoms with E-state index in [9.17, 15) is 19.8 Å². The molecule has 0 saturated carbocycles. The van der Waals surface area contributed by atoms with E-state index in [2.05, 4.69) is 13.8 Å². The molecule has 0 radical (unpaired) electrons. The molecule has 0 bridgehead atoms. The summed E-state index contributed by atoms with van der Waals surface area (Å²) < 4.78 is 11.8. The van der Waals surface area contributed by atoms with Crippen molar-refractivity contribution < 1.29 is 14.9 Å². The van der Waals surface area contributed by atoms with Crippen LogP contribution < -0.4 is 11.4 Å². The molecule has 0 aromatic carbocycles. The van der Waals surface area contributed by atoms with Crippen LogP contribution >= 0.6 is 0 Å². The lowest BCUT2D eigenvalue weighted by atomic mass is 9.87. The zero-order chi connectivity index (χ0) is 25.5. The van der Waals surface area contributed by atoms with E-state index in [0.29, 0.717) is 32.8 Å². The molecule has 0 aliphatic heterocycles. The van der Waals surface area contributed by atoms with Gasteiger partial charge in [-0.3, -0.25) is 18.3 Å². The second-order valence-electron chi connectivity index (χ2n) is 10.5. The van der Waals surface area contributed by atoms with Gasteiger partial charge >= 0.3 is 11.4 Å². The van der Waals surface area contributed by atoms with Crippen molar-refractivity contribution >= 4 is 0 Å². The summed E-state index contributed by atoms with van der Waals surface area (Å²) in [6.45, 7) is 14.9. The summed E-state index contributed by atoms with van der Waals surface area (Å²) in [6.07, 6.45) is 8.43. The molecule has 34 heavy (non-hydrogen) atoms. The monoisotopic (exact) mass is 480 g/mol. The van der Waals surface area contributed by atoms with Crippen LogP contribution in [0.5, 0.6) is 11.8 Å². The fourth-order valence-corrected chi connectivity index (χ4v) is 4.46. The van der Waals surface area contributed by atoms with Gasteiger partial charge < -0.3 is 14.9 Å². The molecule has 9 heteroatoms. The summed E-state index contributed by atoms with van der Waals surface area (Å²) in [5.74, 6) is 0.0357. The third kappa shape index (κ3) is 7.04. The van der Waals surface area contributed by atoms with E-state index in [1.54, 1.807) is 0 Å². The van der Waals surface area contributed by atoms with Crippen molar-refractivity contribution in [2.45, 2.75) is 105 Å². The molecular weight excluding hydrogens is 436 g/mol. The highest BCUT2D eigenvalue weighted by molar-refractivity contribution is 5.09. The van der Waals surface area contributed by atoms with Crippen LogP contribution in [0.3, 0.4) is 0 Å². The van der Waals surface area contributed by atoms with Crippen molar-refractivity contribution in [3.05, 3.63) is 33.4 Å². The summed E-state index contributed by atoms with van der Waals surface area (Å²) >= 11 is 0. The number of nitrogens with zero attached hydrogens (tertiary/aromatic N) is 4. The Morgan fingerprint density at radius 1 is 0.794 bits per heavy atom. The SMILES string of the molecule is CCn1cc(O)n(CC(C)(C)CCCCOCCCCC(C)(C)n2c(O)cn(CC)c2=O)c1=O. The molecule has 2 N–H and O–H groups in total. The van der Waals surface area contributed by atoms with Gasteiger partial charge in [-0.2, -0.15) is 0 Å². The number of aromatic nitrogens is 4. The first-order valence-corrected chi connectivity index (χ1v) is 12.5. The van der Waals surface area contributed by atoms with E-state index in [1.807, 2.05) is 27.7 Å². The maximum atomic E-state index is 12.4. The zero-order valence-electron chi connectivity index (χ0n) is 21.8. The minimum atomic E-state index is -0.457. The summed E-state index contributed by atoms with van der Waals surface area (Å²) in [4.78, 5) is 24.7. The Morgan fingerprint density at radius 3 is 1.85 bits per heavy atom. The van der Waals surface area contributed by atoms with E-state index in [0.717, 1.165) is 38.5 Å². The largest absolute Gasteiger partial charge is 0.493 e. The molecule has 194 valence electrons. The summed E-state index contributed by atoms with van der Waals surface area (Å²) in [5, 5.41) is 20.2. The van der Waals surface area contributed by atoms with Gasteiger partial charge in [0.05, 0.1) is 12.4 Å². The molecule has 2 aromatic heterocycles. The van der Waals surface area contributed by atoms with Crippen LogP contribution in [0.1, 0.15) is 80.1 Å². The van der Waals surface area contributed by atoms with Gasteiger partial charge in [0.25, 0.3) is 0 Å². The molecule has 2 rings (SSSR count). The van der Waals surface area contributed by atoms with Gasteiger partial charge in [-0.1, -0.05) is 20.3 Å². The van der Waals surface area contributed by atoms with Crippen LogP contribution in [0.25, 0.3) is 0 Å². The molecule has 0 saturated heterocycles. The molecule has 0 atom stereocenters. The average molecular weight is 481 g/mol. The Morgan fingerprint density at radius 2 is 1.32 bits per heavy atom. The lowest BCUT2D eigenvalue weighted by molar-refractivity contribution is 0.119. The standard InChI is InChI=1S/C25H44N4O5/c1-7-26-17-20(30)28(22(26)32)19-24(3,4)13-9-11-15-34-16-12-10-14-25(5,6)29-21(31)18-27(8-2)23(29)33/h17-18,30-31H,7-16,19H2,1-6H3. The fraction of sp³-hybridized carbons (Fsp3) is 0.760. The quantitative estimate of drug-likeness (QED) is 0.377. The van der Waals surface area contributed by atoms with Crippen molar-refractivity contribution in [1.82, 2.24) is 18.3 Å². The summed E-state index contributed by atoms with van der Waals surface area (Å²) in [7, 11) is 0. The van der Waals surface area contributed by atoms with Gasteiger partial charge in [-0.05, 0) is 65.2 Å². The van der Waals surface area contributed by atoms with E-state index in [4.69, 9.17) is 4.74 Å². The topological polar surface area (TPSA) is 104 Å². The Bertz CT molecular complexity index is 1030. The Kier molecular flexibility index (Phi) is 9.67. The number of rotatable bonds is 15. The lowest BCUT2D eigenvalue weighted by Gasteiger charge is -2.26. The predicted molar refractivity (Wildman–Crippen MR) is 134 cm³/mol. The van der Waals surface area contributed by atoms with E-state index in [1.165, 1.54) is 30.7 Å². The summed E-state index contributed by atoms with van der Waals surface area (Å²) in [6, 6.07) is 0. The summed E-state index contributed by atoms with van der Waals surface area (Å²) in [5.41, 5.74) is -0.899. The maximum absolute atomic E-state index is 12.4. The molecule has 0 unspecified atom stereocenters. The van der Waals surface area contributed by atoms with Crippen LogP contribution in [0.15, 0.2) is 22.0 Å². The molecule has 0 spiro atoms. The van der Waals surface area contributed by atoms with Crippen LogP contribution in [-0.2, 0) is 29.9 Å². The van der Waals surface area contributed by atoms with Crippen molar-refractivity contribution in [3.63, 3.8) is 0 Å². The first-order chi connectivity index (χ1) is 15.9. The zero-order valence-corrected chi connectivity index (χ0v) is 21.8. The van der Waals surface area contributed by atoms with Gasteiger partial charge in [0.15, 0.2) is 0 Å². The minimum Gasteiger partial charge on any atom is -0.493 e. The van der Waals surface area contributed by atoms with E-state index in [-0.39, 0.29) is 28.6 Å². The second kappa shape index (κ2) is 11.8. The van der Waals surface area contributed by atoms with Gasteiger partial charge in [-0.15, -0.1) is 0 Å². The first kappa shape index (κ1) is 27.8. The van der Waals surface area contributed by atoms with Crippen LogP contribution in [0.4, 0.5) is 0 Å². The van der Waals surface area contributed by atoms with Gasteiger partial charge in [0.1, 0.15) is 0 Å². The Hall–Kier alpha value is -2.42. The molecule has 9 nitrogen and oxygen atoms in total. The number of aromatic hydroxyl groups is 2. The normalized spacial score (nSPS) is 12.5. The predicted octanol–water partition coefficient (Wildman–Crippen LogP) is 3.88.